The molecule has 1 saturated heterocycles. The number of hydrogen-bond donors (Lipinski definition) is 2. The van der Waals surface area contributed by atoms with E-state index < -0.39 is 0 Å². The van der Waals surface area contributed by atoms with E-state index in [0.717, 1.165) is 30.5 Å². The van der Waals surface area contributed by atoms with Gasteiger partial charge in [-0.1, -0.05) is 6.07 Å². The Kier molecular flexibility index (Phi) is 7.04. The number of fused-ring (bicyclic) bond motifs is 1. The molecule has 9 nitrogen and oxygen atoms in total. The van der Waals surface area contributed by atoms with E-state index in [1.165, 1.54) is 6.07 Å². The molecule has 1 aliphatic heterocycles. The number of nitrogens with zero attached hydrogens (tertiary/aromatic N) is 3. The van der Waals surface area contributed by atoms with Crippen LogP contribution in [0, 0.1) is 12.7 Å². The summed E-state index contributed by atoms with van der Waals surface area (Å²) in [6, 6.07) is 11.5. The highest BCUT2D eigenvalue weighted by atomic mass is 19.1. The van der Waals surface area contributed by atoms with Crippen LogP contribution in [-0.2, 0) is 11.3 Å². The van der Waals surface area contributed by atoms with Crippen molar-refractivity contribution in [3.8, 4) is 11.5 Å². The minimum Gasteiger partial charge on any atom is -0.493 e. The number of rotatable bonds is 7. The Balaban J connectivity index is 1.32. The second-order valence-corrected chi connectivity index (χ2v) is 9.41. The molecule has 5 rings (SSSR count). The number of carbonyl (C=O) groups excluding carboxylic acids is 2. The third-order valence-electron chi connectivity index (χ3n) is 7.02. The number of halogens is 1. The lowest BCUT2D eigenvalue weighted by molar-refractivity contribution is -0.116. The highest BCUT2D eigenvalue weighted by Crippen LogP contribution is 2.35. The Bertz CT molecular complexity index is 1490. The van der Waals surface area contributed by atoms with E-state index in [9.17, 15) is 14.0 Å². The van der Waals surface area contributed by atoms with Gasteiger partial charge in [0.2, 0.25) is 5.91 Å². The van der Waals surface area contributed by atoms with Gasteiger partial charge in [0.25, 0.3) is 5.91 Å². The van der Waals surface area contributed by atoms with Gasteiger partial charge >= 0.3 is 0 Å². The molecular formula is C28H30FN5O4. The molecule has 38 heavy (non-hydrogen) atoms. The smallest absolute Gasteiger partial charge is 0.254 e. The van der Waals surface area contributed by atoms with Gasteiger partial charge in [-0.15, -0.1) is 0 Å². The summed E-state index contributed by atoms with van der Waals surface area (Å²) in [5.74, 6) is 0.729. The molecule has 2 aromatic carbocycles. The first-order chi connectivity index (χ1) is 18.4. The second kappa shape index (κ2) is 10.6. The third-order valence-corrected chi connectivity index (χ3v) is 7.02. The lowest BCUT2D eigenvalue weighted by atomic mass is 9.97. The third kappa shape index (κ3) is 4.81. The molecule has 1 atom stereocenters. The Morgan fingerprint density at radius 2 is 1.92 bits per heavy atom. The number of carbonyl (C=O) groups is 2. The van der Waals surface area contributed by atoms with Gasteiger partial charge in [0, 0.05) is 29.8 Å². The monoisotopic (exact) mass is 519 g/mol. The normalized spacial score (nSPS) is 15.5. The van der Waals surface area contributed by atoms with Gasteiger partial charge in [-0.05, 0) is 62.1 Å². The van der Waals surface area contributed by atoms with E-state index >= 15 is 0 Å². The standard InChI is InChI=1S/C28H30FN5O4/c1-17-13-24(37-2)25(38-3)14-19(17)28(36)34-11-5-4-8-23(34)21-15-26(32-31-21)30-27(35)16-33-12-10-18-20(29)7-6-9-22(18)33/h6-7,9-10,12-15,23H,4-5,8,11,16H2,1-3H3,(H2,30,31,32,35). The maximum absolute atomic E-state index is 14.0. The van der Waals surface area contributed by atoms with Crippen LogP contribution in [0.3, 0.4) is 0 Å². The molecule has 2 aromatic heterocycles. The Hall–Kier alpha value is -4.34. The first-order valence-corrected chi connectivity index (χ1v) is 12.5. The number of aromatic nitrogens is 3. The molecule has 0 aliphatic carbocycles. The number of aromatic amines is 1. The molecule has 2 amide bonds. The first-order valence-electron chi connectivity index (χ1n) is 12.5. The molecule has 0 bridgehead atoms. The van der Waals surface area contributed by atoms with Crippen molar-refractivity contribution in [2.75, 3.05) is 26.1 Å². The Labute approximate surface area is 219 Å². The van der Waals surface area contributed by atoms with Crippen LogP contribution >= 0.6 is 0 Å². The minimum absolute atomic E-state index is 0.0156. The number of piperidine rings is 1. The van der Waals surface area contributed by atoms with Crippen molar-refractivity contribution in [3.05, 3.63) is 71.3 Å². The summed E-state index contributed by atoms with van der Waals surface area (Å²) in [6.07, 6.45) is 4.33. The Morgan fingerprint density at radius 1 is 1.13 bits per heavy atom. The van der Waals surface area contributed by atoms with Crippen molar-refractivity contribution in [2.24, 2.45) is 0 Å². The molecule has 0 spiro atoms. The molecule has 1 unspecified atom stereocenters. The first kappa shape index (κ1) is 25.3. The summed E-state index contributed by atoms with van der Waals surface area (Å²) in [5, 5.41) is 10.5. The average molecular weight is 520 g/mol. The Morgan fingerprint density at radius 3 is 2.71 bits per heavy atom. The number of amides is 2. The molecule has 3 heterocycles. The quantitative estimate of drug-likeness (QED) is 0.364. The van der Waals surface area contributed by atoms with Gasteiger partial charge in [-0.3, -0.25) is 14.7 Å². The molecule has 198 valence electrons. The number of likely N-dealkylation sites (tertiary alicyclic amines) is 1. The van der Waals surface area contributed by atoms with Crippen LogP contribution in [-0.4, -0.2) is 52.2 Å². The van der Waals surface area contributed by atoms with Gasteiger partial charge in [0.1, 0.15) is 12.4 Å². The highest BCUT2D eigenvalue weighted by Gasteiger charge is 2.31. The zero-order valence-corrected chi connectivity index (χ0v) is 21.6. The fourth-order valence-corrected chi connectivity index (χ4v) is 5.10. The van der Waals surface area contributed by atoms with Crippen LogP contribution in [0.1, 0.15) is 46.9 Å². The number of methoxy groups -OCH3 is 2. The summed E-state index contributed by atoms with van der Waals surface area (Å²) in [4.78, 5) is 28.2. The molecule has 2 N–H and O–H groups in total. The lowest BCUT2D eigenvalue weighted by Crippen LogP contribution is -2.39. The lowest BCUT2D eigenvalue weighted by Gasteiger charge is -2.35. The van der Waals surface area contributed by atoms with Crippen LogP contribution in [0.4, 0.5) is 10.2 Å². The number of nitrogens with one attached hydrogen (secondary N) is 2. The summed E-state index contributed by atoms with van der Waals surface area (Å²) in [5.41, 5.74) is 2.74. The van der Waals surface area contributed by atoms with Crippen molar-refractivity contribution in [3.63, 3.8) is 0 Å². The molecule has 4 aromatic rings. The summed E-state index contributed by atoms with van der Waals surface area (Å²) in [7, 11) is 3.11. The van der Waals surface area contributed by atoms with Gasteiger partial charge in [0.15, 0.2) is 17.3 Å². The maximum atomic E-state index is 14.0. The zero-order valence-electron chi connectivity index (χ0n) is 21.6. The van der Waals surface area contributed by atoms with E-state index in [-0.39, 0.29) is 30.2 Å². The maximum Gasteiger partial charge on any atom is 0.254 e. The minimum atomic E-state index is -0.325. The fourth-order valence-electron chi connectivity index (χ4n) is 5.10. The summed E-state index contributed by atoms with van der Waals surface area (Å²) in [6.45, 7) is 2.50. The van der Waals surface area contributed by atoms with Gasteiger partial charge in [-0.25, -0.2) is 4.39 Å². The van der Waals surface area contributed by atoms with Crippen molar-refractivity contribution in [1.29, 1.82) is 0 Å². The number of ether oxygens (including phenoxy) is 2. The van der Waals surface area contributed by atoms with Crippen molar-refractivity contribution in [1.82, 2.24) is 19.7 Å². The van der Waals surface area contributed by atoms with Crippen molar-refractivity contribution >= 4 is 28.5 Å². The summed E-state index contributed by atoms with van der Waals surface area (Å²) >= 11 is 0. The van der Waals surface area contributed by atoms with E-state index in [4.69, 9.17) is 9.47 Å². The largest absolute Gasteiger partial charge is 0.493 e. The zero-order chi connectivity index (χ0) is 26.8. The number of H-pyrrole nitrogens is 1. The van der Waals surface area contributed by atoms with Crippen LogP contribution in [0.5, 0.6) is 11.5 Å². The highest BCUT2D eigenvalue weighted by molar-refractivity contribution is 5.97. The predicted octanol–water partition coefficient (Wildman–Crippen LogP) is 4.84. The van der Waals surface area contributed by atoms with E-state index in [2.05, 4.69) is 15.5 Å². The number of hydrogen-bond acceptors (Lipinski definition) is 5. The van der Waals surface area contributed by atoms with Crippen LogP contribution in [0.25, 0.3) is 10.9 Å². The SMILES string of the molecule is COc1cc(C)c(C(=O)N2CCCCC2c2cc(NC(=O)Cn3ccc4c(F)cccc43)n[nH]2)cc1OC. The number of aryl methyl sites for hydroxylation is 1. The van der Waals surface area contributed by atoms with Gasteiger partial charge in [0.05, 0.1) is 31.5 Å². The molecule has 10 heteroatoms. The van der Waals surface area contributed by atoms with Crippen molar-refractivity contribution in [2.45, 2.75) is 38.8 Å². The van der Waals surface area contributed by atoms with E-state index in [1.807, 2.05) is 11.8 Å². The molecule has 1 aliphatic rings. The average Bonchev–Trinajstić information content (AvgIpc) is 3.56. The van der Waals surface area contributed by atoms with Crippen molar-refractivity contribution < 1.29 is 23.5 Å². The molecule has 0 radical (unpaired) electrons. The topological polar surface area (TPSA) is 101 Å². The number of benzene rings is 2. The molecule has 0 saturated carbocycles. The fraction of sp³-hybridized carbons (Fsp3) is 0.321. The number of anilines is 1. The molecule has 1 fully saturated rings. The van der Waals surface area contributed by atoms with Crippen LogP contribution < -0.4 is 14.8 Å². The van der Waals surface area contributed by atoms with E-state index in [1.54, 1.807) is 61.4 Å². The van der Waals surface area contributed by atoms with E-state index in [0.29, 0.717) is 40.3 Å². The van der Waals surface area contributed by atoms with Crippen LogP contribution in [0.15, 0.2) is 48.7 Å². The summed E-state index contributed by atoms with van der Waals surface area (Å²) < 4.78 is 26.5. The van der Waals surface area contributed by atoms with Gasteiger partial charge < -0.3 is 24.3 Å². The van der Waals surface area contributed by atoms with Gasteiger partial charge in [-0.2, -0.15) is 5.10 Å². The second-order valence-electron chi connectivity index (χ2n) is 9.41. The molecular weight excluding hydrogens is 489 g/mol. The van der Waals surface area contributed by atoms with Crippen LogP contribution in [0.2, 0.25) is 0 Å². The predicted molar refractivity (Wildman–Crippen MR) is 141 cm³/mol.